The molecule has 0 bridgehead atoms. The van der Waals surface area contributed by atoms with Crippen molar-refractivity contribution in [3.8, 4) is 5.69 Å². The minimum Gasteiger partial charge on any atom is -0.349 e. The highest BCUT2D eigenvalue weighted by Crippen LogP contribution is 2.27. The van der Waals surface area contributed by atoms with Gasteiger partial charge in [0.15, 0.2) is 5.69 Å². The lowest BCUT2D eigenvalue weighted by Crippen LogP contribution is -2.32. The average Bonchev–Trinajstić information content (AvgIpc) is 3.02. The highest BCUT2D eigenvalue weighted by Gasteiger charge is 2.25. The number of halogens is 1. The zero-order valence-electron chi connectivity index (χ0n) is 15.7. The fourth-order valence-electron chi connectivity index (χ4n) is 3.33. The van der Waals surface area contributed by atoms with E-state index in [4.69, 9.17) is 5.10 Å². The van der Waals surface area contributed by atoms with Crippen molar-refractivity contribution in [2.24, 2.45) is 0 Å². The molecule has 1 aliphatic carbocycles. The second-order valence-corrected chi connectivity index (χ2v) is 6.73. The van der Waals surface area contributed by atoms with Gasteiger partial charge in [-0.25, -0.2) is 4.68 Å². The predicted molar refractivity (Wildman–Crippen MR) is 108 cm³/mol. The first-order valence-corrected chi connectivity index (χ1v) is 9.37. The van der Waals surface area contributed by atoms with Crippen LogP contribution in [0.5, 0.6) is 0 Å². The Morgan fingerprint density at radius 3 is 2.58 bits per heavy atom. The molecule has 0 saturated heterocycles. The topological polar surface area (TPSA) is 58.9 Å². The van der Waals surface area contributed by atoms with E-state index in [1.165, 1.54) is 11.3 Å². The fourth-order valence-corrected chi connectivity index (χ4v) is 3.33. The highest BCUT2D eigenvalue weighted by atomic mass is 35.5. The Hall–Kier alpha value is -1.85. The summed E-state index contributed by atoms with van der Waals surface area (Å²) in [6.45, 7) is 6.61. The molecule has 0 fully saturated rings. The molecule has 1 aliphatic rings. The van der Waals surface area contributed by atoms with Crippen molar-refractivity contribution in [1.29, 1.82) is 0 Å². The summed E-state index contributed by atoms with van der Waals surface area (Å²) in [6.07, 6.45) is 5.32. The van der Waals surface area contributed by atoms with E-state index in [1.807, 2.05) is 4.68 Å². The number of aromatic nitrogens is 2. The van der Waals surface area contributed by atoms with Crippen LogP contribution in [0.15, 0.2) is 24.3 Å². The number of hydrogen-bond donors (Lipinski definition) is 2. The summed E-state index contributed by atoms with van der Waals surface area (Å²) >= 11 is 0. The lowest BCUT2D eigenvalue weighted by molar-refractivity contribution is 0.0947. The maximum absolute atomic E-state index is 12.6. The molecule has 6 heteroatoms. The van der Waals surface area contributed by atoms with E-state index in [9.17, 15) is 4.79 Å². The largest absolute Gasteiger partial charge is 0.349 e. The molecule has 0 atom stereocenters. The molecule has 142 valence electrons. The van der Waals surface area contributed by atoms with Crippen molar-refractivity contribution < 1.29 is 4.79 Å². The smallest absolute Gasteiger partial charge is 0.272 e. The standard InChI is InChI=1S/C20H28N4O.ClH/c1-3-12-21-13-14-22-20(25)19-17-6-4-5-7-18(17)24(23-19)16-10-8-15(2)9-11-16;/h8-11,21H,3-7,12-14H2,1-2H3,(H,22,25);1H. The molecule has 1 heterocycles. The van der Waals surface area contributed by atoms with Crippen molar-refractivity contribution in [1.82, 2.24) is 20.4 Å². The molecule has 1 aromatic carbocycles. The first kappa shape index (κ1) is 20.5. The fraction of sp³-hybridized carbons (Fsp3) is 0.500. The molecule has 0 aliphatic heterocycles. The molecule has 0 radical (unpaired) electrons. The molecule has 2 aromatic rings. The van der Waals surface area contributed by atoms with E-state index in [1.54, 1.807) is 0 Å². The summed E-state index contributed by atoms with van der Waals surface area (Å²) in [5.74, 6) is -0.0534. The van der Waals surface area contributed by atoms with Gasteiger partial charge in [-0.05, 0) is 57.7 Å². The van der Waals surface area contributed by atoms with E-state index >= 15 is 0 Å². The third-order valence-electron chi connectivity index (χ3n) is 4.69. The Bertz CT molecular complexity index is 724. The van der Waals surface area contributed by atoms with Crippen molar-refractivity contribution in [3.63, 3.8) is 0 Å². The van der Waals surface area contributed by atoms with E-state index in [0.717, 1.165) is 56.4 Å². The van der Waals surface area contributed by atoms with E-state index in [-0.39, 0.29) is 18.3 Å². The van der Waals surface area contributed by atoms with Crippen LogP contribution in [-0.2, 0) is 12.8 Å². The zero-order chi connectivity index (χ0) is 17.6. The number of benzene rings is 1. The number of rotatable bonds is 7. The van der Waals surface area contributed by atoms with Gasteiger partial charge in [-0.1, -0.05) is 24.6 Å². The molecule has 1 aromatic heterocycles. The second-order valence-electron chi connectivity index (χ2n) is 6.73. The summed E-state index contributed by atoms with van der Waals surface area (Å²) in [4.78, 5) is 12.6. The van der Waals surface area contributed by atoms with Crippen molar-refractivity contribution >= 4 is 18.3 Å². The van der Waals surface area contributed by atoms with Crippen LogP contribution in [0.3, 0.4) is 0 Å². The summed E-state index contributed by atoms with van der Waals surface area (Å²) < 4.78 is 1.97. The zero-order valence-corrected chi connectivity index (χ0v) is 16.5. The van der Waals surface area contributed by atoms with E-state index < -0.39 is 0 Å². The number of carbonyl (C=O) groups is 1. The molecule has 26 heavy (non-hydrogen) atoms. The summed E-state index contributed by atoms with van der Waals surface area (Å²) in [5.41, 5.74) is 5.19. The quantitative estimate of drug-likeness (QED) is 0.729. The first-order valence-electron chi connectivity index (χ1n) is 9.37. The Kier molecular flexibility index (Phi) is 7.66. The van der Waals surface area contributed by atoms with Crippen LogP contribution in [0.4, 0.5) is 0 Å². The van der Waals surface area contributed by atoms with Crippen LogP contribution in [0.2, 0.25) is 0 Å². The lowest BCUT2D eigenvalue weighted by Gasteiger charge is -2.14. The van der Waals surface area contributed by atoms with Crippen LogP contribution in [0.1, 0.15) is 53.5 Å². The first-order chi connectivity index (χ1) is 12.2. The van der Waals surface area contributed by atoms with Crippen molar-refractivity contribution in [2.45, 2.75) is 46.0 Å². The van der Waals surface area contributed by atoms with Crippen LogP contribution in [0, 0.1) is 6.92 Å². The molecule has 1 amide bonds. The number of carbonyl (C=O) groups excluding carboxylic acids is 1. The second kappa shape index (κ2) is 9.74. The van der Waals surface area contributed by atoms with Gasteiger partial charge in [0.1, 0.15) is 0 Å². The Morgan fingerprint density at radius 2 is 1.85 bits per heavy atom. The molecule has 3 rings (SSSR count). The molecular formula is C20H29ClN4O. The molecule has 0 unspecified atom stereocenters. The van der Waals surface area contributed by atoms with Gasteiger partial charge in [0.25, 0.3) is 5.91 Å². The van der Waals surface area contributed by atoms with Crippen molar-refractivity contribution in [2.75, 3.05) is 19.6 Å². The SMILES string of the molecule is CCCNCCNC(=O)c1nn(-c2ccc(C)cc2)c2c1CCCC2.Cl. The summed E-state index contributed by atoms with van der Waals surface area (Å²) in [5, 5.41) is 11.0. The number of aryl methyl sites for hydroxylation is 1. The van der Waals surface area contributed by atoms with Crippen LogP contribution in [0.25, 0.3) is 5.69 Å². The monoisotopic (exact) mass is 376 g/mol. The third-order valence-corrected chi connectivity index (χ3v) is 4.69. The number of hydrogen-bond acceptors (Lipinski definition) is 3. The van der Waals surface area contributed by atoms with Gasteiger partial charge in [0.2, 0.25) is 0 Å². The van der Waals surface area contributed by atoms with Gasteiger partial charge in [-0.3, -0.25) is 4.79 Å². The Morgan fingerprint density at radius 1 is 1.12 bits per heavy atom. The number of nitrogens with zero attached hydrogens (tertiary/aromatic N) is 2. The summed E-state index contributed by atoms with van der Waals surface area (Å²) in [7, 11) is 0. The highest BCUT2D eigenvalue weighted by molar-refractivity contribution is 5.94. The third kappa shape index (κ3) is 4.65. The number of fused-ring (bicyclic) bond motifs is 1. The number of nitrogens with one attached hydrogen (secondary N) is 2. The van der Waals surface area contributed by atoms with Crippen molar-refractivity contribution in [3.05, 3.63) is 46.8 Å². The van der Waals surface area contributed by atoms with Crippen LogP contribution < -0.4 is 10.6 Å². The Balaban J connectivity index is 0.00000243. The maximum atomic E-state index is 12.6. The van der Waals surface area contributed by atoms with Gasteiger partial charge >= 0.3 is 0 Å². The average molecular weight is 377 g/mol. The Labute approximate surface area is 162 Å². The van der Waals surface area contributed by atoms with Gasteiger partial charge in [-0.2, -0.15) is 5.10 Å². The number of amides is 1. The van der Waals surface area contributed by atoms with Gasteiger partial charge in [0, 0.05) is 24.3 Å². The van der Waals surface area contributed by atoms with Crippen LogP contribution >= 0.6 is 12.4 Å². The normalized spacial score (nSPS) is 13.0. The maximum Gasteiger partial charge on any atom is 0.272 e. The van der Waals surface area contributed by atoms with E-state index in [2.05, 4.69) is 48.7 Å². The minimum absolute atomic E-state index is 0. The molecule has 5 nitrogen and oxygen atoms in total. The van der Waals surface area contributed by atoms with Gasteiger partial charge < -0.3 is 10.6 Å². The molecule has 0 spiro atoms. The molecule has 2 N–H and O–H groups in total. The van der Waals surface area contributed by atoms with Gasteiger partial charge in [-0.15, -0.1) is 12.4 Å². The van der Waals surface area contributed by atoms with E-state index in [0.29, 0.717) is 12.2 Å². The lowest BCUT2D eigenvalue weighted by atomic mass is 9.95. The predicted octanol–water partition coefficient (Wildman–Crippen LogP) is 3.21. The molecular weight excluding hydrogens is 348 g/mol. The van der Waals surface area contributed by atoms with Crippen LogP contribution in [-0.4, -0.2) is 35.3 Å². The van der Waals surface area contributed by atoms with Gasteiger partial charge in [0.05, 0.1) is 5.69 Å². The minimum atomic E-state index is -0.0534. The molecule has 0 saturated carbocycles. The summed E-state index contributed by atoms with van der Waals surface area (Å²) in [6, 6.07) is 8.33.